The molecule has 4 aliphatic heterocycles. The van der Waals surface area contributed by atoms with Gasteiger partial charge in [-0.05, 0) is 25.7 Å². The Hall–Kier alpha value is -1.79. The highest BCUT2D eigenvalue weighted by atomic mass is 35.5. The van der Waals surface area contributed by atoms with Crippen LogP contribution in [-0.4, -0.2) is 145 Å². The smallest absolute Gasteiger partial charge is 0.256 e. The van der Waals surface area contributed by atoms with Crippen molar-refractivity contribution in [3.63, 3.8) is 0 Å². The highest BCUT2D eigenvalue weighted by molar-refractivity contribution is 6.21. The third kappa shape index (κ3) is 5.40. The average molecular weight is 582 g/mol. The fourth-order valence-electron chi connectivity index (χ4n) is 7.66. The van der Waals surface area contributed by atoms with Gasteiger partial charge in [0.1, 0.15) is 12.3 Å². The molecule has 2 amide bonds. The zero-order chi connectivity index (χ0) is 28.0. The number of Topliss-reactive ketones (excluding diaryl/α,β-unsaturated/α-hetero) is 1. The van der Waals surface area contributed by atoms with Crippen LogP contribution in [0, 0.1) is 5.92 Å². The Morgan fingerprint density at radius 3 is 2.55 bits per heavy atom. The number of hydrogen-bond donors (Lipinski definition) is 1. The van der Waals surface area contributed by atoms with Gasteiger partial charge in [0.25, 0.3) is 5.91 Å². The molecule has 10 nitrogen and oxygen atoms in total. The van der Waals surface area contributed by atoms with E-state index in [1.165, 1.54) is 0 Å². The molecule has 5 fully saturated rings. The molecule has 1 N–H and O–H groups in total. The Morgan fingerprint density at radius 1 is 1.07 bits per heavy atom. The summed E-state index contributed by atoms with van der Waals surface area (Å²) in [5.74, 6) is -1.13. The fraction of sp³-hybridized carbons (Fsp3) is 0.821. The number of fused-ring (bicyclic) bond motifs is 2. The van der Waals surface area contributed by atoms with Gasteiger partial charge in [-0.25, -0.2) is 4.39 Å². The molecule has 8 atom stereocenters. The standard InChI is InChI=1S/C28H41ClFN5O5/c1-17(36)33-6-8-34(9-7-33)22-15-19-25-27(24(22)30)40-23-3-2-18(29)14-21(23)35(25)16-20(26(19)37)28(38)31-4-5-32-10-12-39-13-11-32/h16,18-19,21-25,27H,2-15H2,1H3,(H,31,38). The minimum Gasteiger partial charge on any atom is -0.379 e. The number of carbonyl (C=O) groups is 3. The maximum absolute atomic E-state index is 16.4. The third-order valence-electron chi connectivity index (χ3n) is 9.85. The molecule has 0 aromatic carbocycles. The molecule has 0 radical (unpaired) electrons. The van der Waals surface area contributed by atoms with Gasteiger partial charge >= 0.3 is 0 Å². The van der Waals surface area contributed by atoms with Gasteiger partial charge in [-0.3, -0.25) is 24.2 Å². The van der Waals surface area contributed by atoms with Crippen molar-refractivity contribution < 1.29 is 28.2 Å². The van der Waals surface area contributed by atoms with E-state index in [0.717, 1.165) is 25.9 Å². The van der Waals surface area contributed by atoms with Crippen LogP contribution < -0.4 is 5.32 Å². The number of nitrogens with one attached hydrogen (secondary N) is 1. The lowest BCUT2D eigenvalue weighted by atomic mass is 9.69. The van der Waals surface area contributed by atoms with E-state index in [0.29, 0.717) is 65.3 Å². The molecule has 0 spiro atoms. The van der Waals surface area contributed by atoms with Crippen molar-refractivity contribution in [2.45, 2.75) is 74.5 Å². The normalized spacial score (nSPS) is 38.8. The molecular formula is C28H41ClFN5O5. The van der Waals surface area contributed by atoms with Gasteiger partial charge in [-0.15, -0.1) is 11.6 Å². The van der Waals surface area contributed by atoms with Crippen molar-refractivity contribution in [3.8, 4) is 0 Å². The minimum absolute atomic E-state index is 0.0178. The molecule has 0 bridgehead atoms. The molecule has 6 aliphatic rings. The van der Waals surface area contributed by atoms with E-state index in [2.05, 4.69) is 20.0 Å². The number of nitrogens with zero attached hydrogens (tertiary/aromatic N) is 4. The second-order valence-electron chi connectivity index (χ2n) is 12.1. The van der Waals surface area contributed by atoms with E-state index in [9.17, 15) is 14.4 Å². The largest absolute Gasteiger partial charge is 0.379 e. The van der Waals surface area contributed by atoms with E-state index in [4.69, 9.17) is 21.1 Å². The van der Waals surface area contributed by atoms with Gasteiger partial charge in [-0.1, -0.05) is 0 Å². The molecule has 0 aromatic heterocycles. The van der Waals surface area contributed by atoms with Gasteiger partial charge < -0.3 is 24.6 Å². The predicted molar refractivity (Wildman–Crippen MR) is 146 cm³/mol. The molecule has 2 aliphatic carbocycles. The molecule has 12 heteroatoms. The summed E-state index contributed by atoms with van der Waals surface area (Å²) in [7, 11) is 0. The molecule has 40 heavy (non-hydrogen) atoms. The molecule has 6 rings (SSSR count). The van der Waals surface area contributed by atoms with E-state index in [1.54, 1.807) is 18.0 Å². The molecule has 3 saturated heterocycles. The van der Waals surface area contributed by atoms with Crippen LogP contribution in [0.15, 0.2) is 11.8 Å². The number of piperazine rings is 1. The van der Waals surface area contributed by atoms with Gasteiger partial charge in [0.2, 0.25) is 5.91 Å². The Morgan fingerprint density at radius 2 is 1.82 bits per heavy atom. The summed E-state index contributed by atoms with van der Waals surface area (Å²) in [5, 5.41) is 2.94. The lowest BCUT2D eigenvalue weighted by Gasteiger charge is -2.60. The summed E-state index contributed by atoms with van der Waals surface area (Å²) in [4.78, 5) is 47.3. The lowest BCUT2D eigenvalue weighted by Crippen LogP contribution is -2.72. The molecule has 2 saturated carbocycles. The Kier molecular flexibility index (Phi) is 8.38. The number of halogens is 2. The van der Waals surface area contributed by atoms with Crippen LogP contribution in [0.4, 0.5) is 4.39 Å². The van der Waals surface area contributed by atoms with Crippen molar-refractivity contribution in [1.29, 1.82) is 0 Å². The van der Waals surface area contributed by atoms with Gasteiger partial charge in [0.05, 0.1) is 37.0 Å². The first-order valence-corrected chi connectivity index (χ1v) is 15.3. The first-order valence-electron chi connectivity index (χ1n) is 14.9. The maximum atomic E-state index is 16.4. The average Bonchev–Trinajstić information content (AvgIpc) is 2.96. The number of hydrogen-bond acceptors (Lipinski definition) is 8. The van der Waals surface area contributed by atoms with Crippen LogP contribution in [0.5, 0.6) is 0 Å². The van der Waals surface area contributed by atoms with Crippen molar-refractivity contribution >= 4 is 29.2 Å². The number of alkyl halides is 2. The van der Waals surface area contributed by atoms with Crippen molar-refractivity contribution in [3.05, 3.63) is 11.8 Å². The maximum Gasteiger partial charge on any atom is 0.256 e. The summed E-state index contributed by atoms with van der Waals surface area (Å²) in [6, 6.07) is -1.05. The van der Waals surface area contributed by atoms with Gasteiger partial charge in [0.15, 0.2) is 5.78 Å². The van der Waals surface area contributed by atoms with E-state index in [-0.39, 0.29) is 40.7 Å². The summed E-state index contributed by atoms with van der Waals surface area (Å²) in [6.07, 6.45) is 1.98. The SMILES string of the molecule is CC(=O)N1CCN(C2CC3C(=O)C(C(=O)NCCN4CCOCC4)=CN4C5CC(Cl)CCC5OC(C2F)C34)CC1. The number of carbonyl (C=O) groups excluding carboxylic acids is 3. The monoisotopic (exact) mass is 581 g/mol. The molecular weight excluding hydrogens is 541 g/mol. The summed E-state index contributed by atoms with van der Waals surface area (Å²) in [5.41, 5.74) is 0.150. The molecule has 4 heterocycles. The van der Waals surface area contributed by atoms with Crippen molar-refractivity contribution in [1.82, 2.24) is 24.9 Å². The first-order chi connectivity index (χ1) is 19.3. The molecule has 0 aromatic rings. The second-order valence-corrected chi connectivity index (χ2v) is 12.7. The summed E-state index contributed by atoms with van der Waals surface area (Å²) < 4.78 is 28.2. The quantitative estimate of drug-likeness (QED) is 0.368. The lowest BCUT2D eigenvalue weighted by molar-refractivity contribution is -0.211. The van der Waals surface area contributed by atoms with E-state index < -0.39 is 30.3 Å². The van der Waals surface area contributed by atoms with Crippen LogP contribution in [0.2, 0.25) is 0 Å². The van der Waals surface area contributed by atoms with Crippen LogP contribution >= 0.6 is 11.6 Å². The number of ether oxygens (including phenoxy) is 2. The van der Waals surface area contributed by atoms with Crippen LogP contribution in [-0.2, 0) is 23.9 Å². The van der Waals surface area contributed by atoms with Crippen LogP contribution in [0.1, 0.15) is 32.6 Å². The Balaban J connectivity index is 1.23. The fourth-order valence-corrected chi connectivity index (χ4v) is 7.97. The summed E-state index contributed by atoms with van der Waals surface area (Å²) >= 11 is 6.57. The zero-order valence-corrected chi connectivity index (χ0v) is 23.9. The van der Waals surface area contributed by atoms with Crippen molar-refractivity contribution in [2.75, 3.05) is 65.6 Å². The topological polar surface area (TPSA) is 94.7 Å². The van der Waals surface area contributed by atoms with E-state index in [1.807, 2.05) is 0 Å². The summed E-state index contributed by atoms with van der Waals surface area (Å²) in [6.45, 7) is 7.88. The number of ketones is 1. The molecule has 8 unspecified atom stereocenters. The van der Waals surface area contributed by atoms with Crippen LogP contribution in [0.25, 0.3) is 0 Å². The van der Waals surface area contributed by atoms with E-state index >= 15 is 4.39 Å². The molecule has 222 valence electrons. The van der Waals surface area contributed by atoms with Crippen LogP contribution in [0.3, 0.4) is 0 Å². The van der Waals surface area contributed by atoms with Gasteiger partial charge in [0, 0.05) is 82.8 Å². The van der Waals surface area contributed by atoms with Crippen molar-refractivity contribution in [2.24, 2.45) is 5.92 Å². The first kappa shape index (κ1) is 28.3. The highest BCUT2D eigenvalue weighted by Gasteiger charge is 2.59. The minimum atomic E-state index is -1.27. The third-order valence-corrected chi connectivity index (χ3v) is 10.2. The Bertz CT molecular complexity index is 1020. The zero-order valence-electron chi connectivity index (χ0n) is 23.2. The number of rotatable bonds is 5. The number of amides is 2. The number of morpholine rings is 2. The highest BCUT2D eigenvalue weighted by Crippen LogP contribution is 2.47. The second kappa shape index (κ2) is 11.8. The van der Waals surface area contributed by atoms with Gasteiger partial charge in [-0.2, -0.15) is 0 Å². The predicted octanol–water partition coefficient (Wildman–Crippen LogP) is 0.390. The Labute approximate surface area is 240 Å².